The summed E-state index contributed by atoms with van der Waals surface area (Å²) in [6, 6.07) is 15.5. The fourth-order valence-corrected chi connectivity index (χ4v) is 3.38. The van der Waals surface area contributed by atoms with Gasteiger partial charge >= 0.3 is 0 Å². The predicted molar refractivity (Wildman–Crippen MR) is 111 cm³/mol. The fourth-order valence-electron chi connectivity index (χ4n) is 3.38. The molecule has 2 aromatic carbocycles. The van der Waals surface area contributed by atoms with Crippen LogP contribution in [0.5, 0.6) is 11.5 Å². The molecule has 4 aromatic rings. The number of aromatic nitrogens is 3. The van der Waals surface area contributed by atoms with Crippen molar-refractivity contribution in [3.05, 3.63) is 65.9 Å². The second-order valence-electron chi connectivity index (χ2n) is 6.84. The highest BCUT2D eigenvalue weighted by Crippen LogP contribution is 2.32. The molecule has 2 heterocycles. The van der Waals surface area contributed by atoms with Crippen LogP contribution < -0.4 is 9.64 Å². The molecule has 6 heteroatoms. The molecule has 28 heavy (non-hydrogen) atoms. The van der Waals surface area contributed by atoms with Crippen LogP contribution in [-0.2, 0) is 0 Å². The molecule has 0 amide bonds. The summed E-state index contributed by atoms with van der Waals surface area (Å²) in [4.78, 5) is 6.52. The third kappa shape index (κ3) is 3.03. The lowest BCUT2D eigenvalue weighted by Crippen LogP contribution is -2.14. The average molecular weight is 374 g/mol. The lowest BCUT2D eigenvalue weighted by molar-refractivity contribution is 0.373. The van der Waals surface area contributed by atoms with Crippen molar-refractivity contribution >= 4 is 17.2 Å². The summed E-state index contributed by atoms with van der Waals surface area (Å²) in [6.45, 7) is 4.19. The molecular formula is C22H22N4O2. The minimum absolute atomic E-state index is 0.100. The number of phenolic OH excluding ortho intramolecular Hbond substituents is 1. The van der Waals surface area contributed by atoms with Gasteiger partial charge in [-0.15, -0.1) is 5.10 Å². The van der Waals surface area contributed by atoms with Gasteiger partial charge in [0.25, 0.3) is 0 Å². The molecule has 2 aromatic heterocycles. The van der Waals surface area contributed by atoms with E-state index in [0.29, 0.717) is 5.75 Å². The summed E-state index contributed by atoms with van der Waals surface area (Å²) in [5, 5.41) is 14.7. The Morgan fingerprint density at radius 1 is 1.04 bits per heavy atom. The number of imidazole rings is 1. The summed E-state index contributed by atoms with van der Waals surface area (Å²) < 4.78 is 7.04. The molecule has 6 nitrogen and oxygen atoms in total. The maximum Gasteiger partial charge on any atom is 0.161 e. The Morgan fingerprint density at radius 2 is 1.86 bits per heavy atom. The molecule has 0 spiro atoms. The van der Waals surface area contributed by atoms with Crippen molar-refractivity contribution < 1.29 is 9.84 Å². The Morgan fingerprint density at radius 3 is 2.61 bits per heavy atom. The Labute approximate surface area is 163 Å². The largest absolute Gasteiger partial charge is 0.504 e. The number of aromatic hydroxyl groups is 1. The van der Waals surface area contributed by atoms with E-state index in [2.05, 4.69) is 41.9 Å². The summed E-state index contributed by atoms with van der Waals surface area (Å²) in [7, 11) is 3.54. The van der Waals surface area contributed by atoms with Crippen LogP contribution in [0.15, 0.2) is 54.7 Å². The Balaban J connectivity index is 1.80. The number of rotatable bonds is 4. The van der Waals surface area contributed by atoms with Gasteiger partial charge in [-0.1, -0.05) is 17.7 Å². The number of nitrogens with zero attached hydrogens (tertiary/aromatic N) is 4. The summed E-state index contributed by atoms with van der Waals surface area (Å²) in [6.07, 6.45) is 1.77. The number of benzene rings is 2. The van der Waals surface area contributed by atoms with Crippen LogP contribution in [0.2, 0.25) is 0 Å². The van der Waals surface area contributed by atoms with Gasteiger partial charge in [0.05, 0.1) is 19.0 Å². The molecule has 0 bridgehead atoms. The van der Waals surface area contributed by atoms with Crippen LogP contribution in [0.4, 0.5) is 11.5 Å². The number of fused-ring (bicyclic) bond motifs is 1. The van der Waals surface area contributed by atoms with Gasteiger partial charge in [0.15, 0.2) is 23.0 Å². The first-order valence-electron chi connectivity index (χ1n) is 9.01. The molecule has 0 radical (unpaired) electrons. The maximum absolute atomic E-state index is 9.86. The first-order chi connectivity index (χ1) is 13.5. The SMILES string of the molecule is COc1cc(-c2cnc3ccc(N(C)c4ccc(C)cc4C)nn23)ccc1O. The molecule has 0 aliphatic heterocycles. The van der Waals surface area contributed by atoms with Crippen LogP contribution in [-0.4, -0.2) is 33.9 Å². The molecule has 0 atom stereocenters. The highest BCUT2D eigenvalue weighted by atomic mass is 16.5. The van der Waals surface area contributed by atoms with Crippen LogP contribution in [0.1, 0.15) is 11.1 Å². The summed E-state index contributed by atoms with van der Waals surface area (Å²) in [5.41, 5.74) is 5.96. The quantitative estimate of drug-likeness (QED) is 0.570. The van der Waals surface area contributed by atoms with E-state index in [0.717, 1.165) is 28.4 Å². The van der Waals surface area contributed by atoms with E-state index >= 15 is 0 Å². The van der Waals surface area contributed by atoms with Crippen molar-refractivity contribution in [2.45, 2.75) is 13.8 Å². The molecule has 1 N–H and O–H groups in total. The van der Waals surface area contributed by atoms with Gasteiger partial charge in [-0.25, -0.2) is 9.50 Å². The van der Waals surface area contributed by atoms with Crippen LogP contribution >= 0.6 is 0 Å². The molecular weight excluding hydrogens is 352 g/mol. The third-order valence-corrected chi connectivity index (χ3v) is 4.88. The number of ether oxygens (including phenoxy) is 1. The highest BCUT2D eigenvalue weighted by Gasteiger charge is 2.14. The normalized spacial score (nSPS) is 11.0. The number of phenols is 1. The summed E-state index contributed by atoms with van der Waals surface area (Å²) in [5.74, 6) is 1.32. The summed E-state index contributed by atoms with van der Waals surface area (Å²) >= 11 is 0. The number of aryl methyl sites for hydroxylation is 2. The van der Waals surface area contributed by atoms with Crippen molar-refractivity contribution in [2.24, 2.45) is 0 Å². The molecule has 0 fully saturated rings. The van der Waals surface area contributed by atoms with Gasteiger partial charge in [0, 0.05) is 18.3 Å². The lowest BCUT2D eigenvalue weighted by atomic mass is 10.1. The van der Waals surface area contributed by atoms with E-state index in [9.17, 15) is 5.11 Å². The van der Waals surface area contributed by atoms with Crippen LogP contribution in [0, 0.1) is 13.8 Å². The van der Waals surface area contributed by atoms with E-state index < -0.39 is 0 Å². The Hall–Kier alpha value is -3.54. The lowest BCUT2D eigenvalue weighted by Gasteiger charge is -2.21. The van der Waals surface area contributed by atoms with Crippen molar-refractivity contribution in [3.63, 3.8) is 0 Å². The second kappa shape index (κ2) is 6.88. The average Bonchev–Trinajstić information content (AvgIpc) is 3.11. The van der Waals surface area contributed by atoms with Gasteiger partial charge in [-0.2, -0.15) is 0 Å². The predicted octanol–water partition coefficient (Wildman–Crippen LogP) is 4.50. The first-order valence-corrected chi connectivity index (χ1v) is 9.01. The minimum atomic E-state index is 0.100. The van der Waals surface area contributed by atoms with Crippen molar-refractivity contribution in [3.8, 4) is 22.8 Å². The van der Waals surface area contributed by atoms with Gasteiger partial charge in [-0.05, 0) is 55.8 Å². The Bertz CT molecular complexity index is 1170. The number of anilines is 2. The second-order valence-corrected chi connectivity index (χ2v) is 6.84. The van der Waals surface area contributed by atoms with E-state index in [4.69, 9.17) is 9.84 Å². The van der Waals surface area contributed by atoms with Crippen molar-refractivity contribution in [2.75, 3.05) is 19.1 Å². The number of methoxy groups -OCH3 is 1. The topological polar surface area (TPSA) is 62.9 Å². The van der Waals surface area contributed by atoms with Gasteiger partial charge in [0.2, 0.25) is 0 Å². The zero-order valence-corrected chi connectivity index (χ0v) is 16.3. The molecule has 0 aliphatic carbocycles. The molecule has 4 rings (SSSR count). The van der Waals surface area contributed by atoms with Crippen LogP contribution in [0.3, 0.4) is 0 Å². The monoisotopic (exact) mass is 374 g/mol. The molecule has 0 saturated carbocycles. The first kappa shape index (κ1) is 17.9. The molecule has 0 saturated heterocycles. The molecule has 0 unspecified atom stereocenters. The number of hydrogen-bond donors (Lipinski definition) is 1. The van der Waals surface area contributed by atoms with Gasteiger partial charge < -0.3 is 14.7 Å². The van der Waals surface area contributed by atoms with Crippen molar-refractivity contribution in [1.82, 2.24) is 14.6 Å². The highest BCUT2D eigenvalue weighted by molar-refractivity contribution is 5.68. The molecule has 0 aliphatic rings. The molecule has 142 valence electrons. The zero-order chi connectivity index (χ0) is 19.8. The fraction of sp³-hybridized carbons (Fsp3) is 0.182. The van der Waals surface area contributed by atoms with Crippen molar-refractivity contribution in [1.29, 1.82) is 0 Å². The van der Waals surface area contributed by atoms with E-state index in [1.54, 1.807) is 22.8 Å². The van der Waals surface area contributed by atoms with E-state index in [1.807, 2.05) is 25.2 Å². The smallest absolute Gasteiger partial charge is 0.161 e. The van der Waals surface area contributed by atoms with Gasteiger partial charge in [-0.3, -0.25) is 0 Å². The Kier molecular flexibility index (Phi) is 4.39. The van der Waals surface area contributed by atoms with E-state index in [1.165, 1.54) is 18.2 Å². The van der Waals surface area contributed by atoms with E-state index in [-0.39, 0.29) is 5.75 Å². The maximum atomic E-state index is 9.86. The zero-order valence-electron chi connectivity index (χ0n) is 16.3. The van der Waals surface area contributed by atoms with Crippen LogP contribution in [0.25, 0.3) is 16.9 Å². The standard InChI is InChI=1S/C22H22N4O2/c1-14-5-7-17(15(2)11-14)25(3)22-10-9-21-23-13-18(26(21)24-22)16-6-8-19(27)20(12-16)28-4/h5-13,27H,1-4H3. The van der Waals surface area contributed by atoms with Gasteiger partial charge in [0.1, 0.15) is 0 Å². The third-order valence-electron chi connectivity index (χ3n) is 4.88. The number of hydrogen-bond acceptors (Lipinski definition) is 5. The minimum Gasteiger partial charge on any atom is -0.504 e.